The predicted octanol–water partition coefficient (Wildman–Crippen LogP) is 1.54. The summed E-state index contributed by atoms with van der Waals surface area (Å²) in [5.41, 5.74) is 0.634. The van der Waals surface area contributed by atoms with Gasteiger partial charge in [-0.3, -0.25) is 14.5 Å². The van der Waals surface area contributed by atoms with Gasteiger partial charge in [0, 0.05) is 11.9 Å². The number of hydrogen-bond acceptors (Lipinski definition) is 6. The molecule has 1 unspecified atom stereocenters. The average molecular weight is 394 g/mol. The molecule has 29 heavy (non-hydrogen) atoms. The Bertz CT molecular complexity index is 1110. The van der Waals surface area contributed by atoms with Crippen LogP contribution in [0.4, 0.5) is 0 Å². The highest BCUT2D eigenvalue weighted by atomic mass is 16.7. The number of aromatic nitrogens is 2. The maximum atomic E-state index is 12.8. The second-order valence-electron chi connectivity index (χ2n) is 7.03. The Kier molecular flexibility index (Phi) is 5.18. The van der Waals surface area contributed by atoms with Gasteiger partial charge in [0.05, 0.1) is 18.1 Å². The molecule has 1 amide bonds. The zero-order chi connectivity index (χ0) is 20.4. The first-order valence-corrected chi connectivity index (χ1v) is 9.33. The largest absolute Gasteiger partial charge is 0.454 e. The van der Waals surface area contributed by atoms with Gasteiger partial charge in [0.15, 0.2) is 11.5 Å². The van der Waals surface area contributed by atoms with Crippen LogP contribution in [0.5, 0.6) is 11.5 Å². The monoisotopic (exact) mass is 394 g/mol. The Morgan fingerprint density at radius 2 is 2.00 bits per heavy atom. The summed E-state index contributed by atoms with van der Waals surface area (Å²) in [6, 6.07) is 12.3. The van der Waals surface area contributed by atoms with Gasteiger partial charge < -0.3 is 14.8 Å². The van der Waals surface area contributed by atoms with E-state index in [-0.39, 0.29) is 24.8 Å². The Hall–Kier alpha value is -3.39. The van der Waals surface area contributed by atoms with Crippen LogP contribution in [0, 0.1) is 0 Å². The molecular formula is C21H22N4O4. The van der Waals surface area contributed by atoms with Crippen molar-refractivity contribution in [2.24, 2.45) is 0 Å². The molecule has 2 aromatic carbocycles. The van der Waals surface area contributed by atoms with E-state index in [1.54, 1.807) is 18.3 Å². The second kappa shape index (κ2) is 7.92. The van der Waals surface area contributed by atoms with E-state index in [2.05, 4.69) is 10.4 Å². The van der Waals surface area contributed by atoms with E-state index in [1.807, 2.05) is 49.3 Å². The van der Waals surface area contributed by atoms with Crippen molar-refractivity contribution in [1.82, 2.24) is 20.0 Å². The van der Waals surface area contributed by atoms with Crippen molar-refractivity contribution in [3.8, 4) is 11.5 Å². The smallest absolute Gasteiger partial charge is 0.274 e. The highest BCUT2D eigenvalue weighted by Gasteiger charge is 2.25. The van der Waals surface area contributed by atoms with Crippen LogP contribution in [-0.4, -0.2) is 48.0 Å². The van der Waals surface area contributed by atoms with Gasteiger partial charge in [-0.2, -0.15) is 5.10 Å². The van der Waals surface area contributed by atoms with Crippen molar-refractivity contribution >= 4 is 16.7 Å². The van der Waals surface area contributed by atoms with Gasteiger partial charge in [-0.15, -0.1) is 0 Å². The molecule has 1 N–H and O–H groups in total. The van der Waals surface area contributed by atoms with Gasteiger partial charge in [0.1, 0.15) is 6.04 Å². The lowest BCUT2D eigenvalue weighted by Gasteiger charge is -2.24. The highest BCUT2D eigenvalue weighted by molar-refractivity contribution is 5.83. The van der Waals surface area contributed by atoms with Crippen molar-refractivity contribution in [3.63, 3.8) is 0 Å². The molecule has 0 fully saturated rings. The molecule has 0 saturated carbocycles. The van der Waals surface area contributed by atoms with Crippen LogP contribution in [-0.2, 0) is 11.3 Å². The number of nitrogens with zero attached hydrogens (tertiary/aromatic N) is 3. The molecule has 2 heterocycles. The molecule has 1 atom stereocenters. The number of carbonyl (C=O) groups is 1. The SMILES string of the molecule is CN(C)C(C(=O)NCCn1ncc2ccccc2c1=O)c1ccc2c(c1)OCO2. The standard InChI is InChI=1S/C21H22N4O4/c1-24(2)19(14-7-8-17-18(11-14)29-13-28-17)20(26)22-9-10-25-21(27)16-6-4-3-5-15(16)12-23-25/h3-8,11-12,19H,9-10,13H2,1-2H3,(H,22,26). The van der Waals surface area contributed by atoms with Crippen molar-refractivity contribution < 1.29 is 14.3 Å². The first-order valence-electron chi connectivity index (χ1n) is 9.33. The summed E-state index contributed by atoms with van der Waals surface area (Å²) < 4.78 is 12.1. The third-order valence-electron chi connectivity index (χ3n) is 4.86. The first kappa shape index (κ1) is 18.9. The molecule has 1 aromatic heterocycles. The topological polar surface area (TPSA) is 85.7 Å². The van der Waals surface area contributed by atoms with Crippen molar-refractivity contribution in [2.45, 2.75) is 12.6 Å². The minimum absolute atomic E-state index is 0.164. The van der Waals surface area contributed by atoms with E-state index in [1.165, 1.54) is 4.68 Å². The summed E-state index contributed by atoms with van der Waals surface area (Å²) >= 11 is 0. The number of likely N-dealkylation sites (N-methyl/N-ethyl adjacent to an activating group) is 1. The van der Waals surface area contributed by atoms with E-state index in [0.29, 0.717) is 23.4 Å². The molecule has 0 bridgehead atoms. The summed E-state index contributed by atoms with van der Waals surface area (Å²) in [5.74, 6) is 1.14. The third-order valence-corrected chi connectivity index (χ3v) is 4.86. The molecule has 150 valence electrons. The molecule has 0 radical (unpaired) electrons. The Labute approximate surface area is 167 Å². The number of nitrogens with one attached hydrogen (secondary N) is 1. The molecule has 8 heteroatoms. The van der Waals surface area contributed by atoms with Crippen LogP contribution in [0.3, 0.4) is 0 Å². The minimum Gasteiger partial charge on any atom is -0.454 e. The molecule has 0 aliphatic carbocycles. The van der Waals surface area contributed by atoms with Gasteiger partial charge in [-0.25, -0.2) is 4.68 Å². The average Bonchev–Trinajstić information content (AvgIpc) is 3.18. The molecule has 3 aromatic rings. The van der Waals surface area contributed by atoms with Crippen LogP contribution in [0.1, 0.15) is 11.6 Å². The van der Waals surface area contributed by atoms with E-state index in [4.69, 9.17) is 9.47 Å². The Morgan fingerprint density at radius 1 is 1.21 bits per heavy atom. The normalized spacial score (nSPS) is 13.6. The number of rotatable bonds is 6. The molecule has 0 saturated heterocycles. The molecular weight excluding hydrogens is 372 g/mol. The van der Waals surface area contributed by atoms with E-state index < -0.39 is 6.04 Å². The number of benzene rings is 2. The van der Waals surface area contributed by atoms with E-state index >= 15 is 0 Å². The van der Waals surface area contributed by atoms with Crippen molar-refractivity contribution in [2.75, 3.05) is 27.4 Å². The minimum atomic E-state index is -0.495. The zero-order valence-electron chi connectivity index (χ0n) is 16.3. The number of ether oxygens (including phenoxy) is 2. The second-order valence-corrected chi connectivity index (χ2v) is 7.03. The maximum absolute atomic E-state index is 12.8. The summed E-state index contributed by atoms with van der Waals surface area (Å²) in [5, 5.41) is 8.51. The van der Waals surface area contributed by atoms with Gasteiger partial charge >= 0.3 is 0 Å². The van der Waals surface area contributed by atoms with Crippen LogP contribution in [0.25, 0.3) is 10.8 Å². The summed E-state index contributed by atoms with van der Waals surface area (Å²) in [6.07, 6.45) is 1.66. The van der Waals surface area contributed by atoms with Crippen LogP contribution >= 0.6 is 0 Å². The van der Waals surface area contributed by atoms with Crippen molar-refractivity contribution in [1.29, 1.82) is 0 Å². The zero-order valence-corrected chi connectivity index (χ0v) is 16.3. The van der Waals surface area contributed by atoms with Gasteiger partial charge in [0.25, 0.3) is 5.56 Å². The summed E-state index contributed by atoms with van der Waals surface area (Å²) in [4.78, 5) is 27.2. The predicted molar refractivity (Wildman–Crippen MR) is 108 cm³/mol. The number of amides is 1. The van der Waals surface area contributed by atoms with Crippen LogP contribution in [0.15, 0.2) is 53.5 Å². The molecule has 4 rings (SSSR count). The third kappa shape index (κ3) is 3.79. The molecule has 1 aliphatic heterocycles. The highest BCUT2D eigenvalue weighted by Crippen LogP contribution is 2.35. The number of hydrogen-bond donors (Lipinski definition) is 1. The van der Waals surface area contributed by atoms with Gasteiger partial charge in [0.2, 0.25) is 12.7 Å². The number of carbonyl (C=O) groups excluding carboxylic acids is 1. The fraction of sp³-hybridized carbons (Fsp3) is 0.286. The fourth-order valence-corrected chi connectivity index (χ4v) is 3.44. The number of fused-ring (bicyclic) bond motifs is 2. The quantitative estimate of drug-likeness (QED) is 0.683. The lowest BCUT2D eigenvalue weighted by molar-refractivity contribution is -0.125. The van der Waals surface area contributed by atoms with Gasteiger partial charge in [-0.1, -0.05) is 24.3 Å². The van der Waals surface area contributed by atoms with E-state index in [0.717, 1.165) is 10.9 Å². The molecule has 0 spiro atoms. The fourth-order valence-electron chi connectivity index (χ4n) is 3.44. The maximum Gasteiger partial charge on any atom is 0.274 e. The molecule has 1 aliphatic rings. The lowest BCUT2D eigenvalue weighted by Crippen LogP contribution is -2.39. The van der Waals surface area contributed by atoms with Gasteiger partial charge in [-0.05, 0) is 37.9 Å². The Balaban J connectivity index is 1.45. The van der Waals surface area contributed by atoms with Crippen molar-refractivity contribution in [3.05, 3.63) is 64.6 Å². The lowest BCUT2D eigenvalue weighted by atomic mass is 10.0. The van der Waals surface area contributed by atoms with Crippen LogP contribution in [0.2, 0.25) is 0 Å². The molecule has 8 nitrogen and oxygen atoms in total. The Morgan fingerprint density at radius 3 is 2.83 bits per heavy atom. The van der Waals surface area contributed by atoms with E-state index in [9.17, 15) is 9.59 Å². The summed E-state index contributed by atoms with van der Waals surface area (Å²) in [7, 11) is 3.68. The summed E-state index contributed by atoms with van der Waals surface area (Å²) in [6.45, 7) is 0.765. The first-order chi connectivity index (χ1) is 14.0. The van der Waals surface area contributed by atoms with Crippen LogP contribution < -0.4 is 20.3 Å².